The summed E-state index contributed by atoms with van der Waals surface area (Å²) in [6.45, 7) is 23.2. The van der Waals surface area contributed by atoms with Crippen LogP contribution in [-0.2, 0) is 19.8 Å². The molecule has 0 saturated heterocycles. The number of phenols is 7. The van der Waals surface area contributed by atoms with Crippen LogP contribution in [-0.4, -0.2) is 53.7 Å². The van der Waals surface area contributed by atoms with Crippen molar-refractivity contribution in [2.45, 2.75) is 144 Å². The first-order chi connectivity index (χ1) is 31.6. The first-order valence-electron chi connectivity index (χ1n) is 22.5. The van der Waals surface area contributed by atoms with E-state index in [4.69, 9.17) is 24.4 Å². The highest BCUT2D eigenvalue weighted by Gasteiger charge is 2.29. The normalized spacial score (nSPS) is 10.8. The van der Waals surface area contributed by atoms with E-state index in [9.17, 15) is 39.9 Å². The molecule has 7 N–H and O–H groups in total. The summed E-state index contributed by atoms with van der Waals surface area (Å²) < 4.78 is 15.3. The predicted molar refractivity (Wildman–Crippen MR) is 292 cm³/mol. The number of carbonyl (C=O) groups excluding carboxylic acids is 3. The van der Waals surface area contributed by atoms with Gasteiger partial charge in [-0.05, 0) is 160 Å². The Hall–Kier alpha value is -7.15. The maximum absolute atomic E-state index is 11.7. The summed E-state index contributed by atoms with van der Waals surface area (Å²) in [7, 11) is 0. The molecule has 398 valence electrons. The summed E-state index contributed by atoms with van der Waals surface area (Å²) in [5.74, 6) is -1.01. The minimum Gasteiger partial charge on any atom is -0.508 e. The molecule has 0 heterocycles. The van der Waals surface area contributed by atoms with Gasteiger partial charge < -0.3 is 50.0 Å². The van der Waals surface area contributed by atoms with Crippen molar-refractivity contribution < 1.29 is 64.3 Å². The number of esters is 3. The van der Waals surface area contributed by atoms with Crippen molar-refractivity contribution in [1.82, 2.24) is 0 Å². The Kier molecular flexibility index (Phi) is 26.1. The number of phenolic OH excluding ortho intramolecular Hbond substituents is 7. The molecular weight excluding hydrogens is 917 g/mol. The number of fused-ring (bicyclic) bond motifs is 2. The third kappa shape index (κ3) is 18.9. The van der Waals surface area contributed by atoms with Gasteiger partial charge in [-0.2, -0.15) is 0 Å². The number of benzene rings is 6. The highest BCUT2D eigenvalue weighted by molar-refractivity contribution is 5.99. The van der Waals surface area contributed by atoms with E-state index in [-0.39, 0.29) is 105 Å². The Balaban J connectivity index is 0. The van der Waals surface area contributed by atoms with Crippen LogP contribution in [0.2, 0.25) is 0 Å². The van der Waals surface area contributed by atoms with E-state index < -0.39 is 16.2 Å². The van der Waals surface area contributed by atoms with Crippen molar-refractivity contribution >= 4 is 39.5 Å². The molecular formula is C59H84O13. The molecule has 6 aromatic rings. The number of rotatable bonds is 11. The summed E-state index contributed by atoms with van der Waals surface area (Å²) >= 11 is 0. The second-order valence-electron chi connectivity index (χ2n) is 19.1. The Labute approximate surface area is 428 Å². The molecule has 0 fully saturated rings. The lowest BCUT2D eigenvalue weighted by Crippen LogP contribution is -2.28. The van der Waals surface area contributed by atoms with E-state index in [2.05, 4.69) is 45.0 Å². The molecule has 6 aromatic carbocycles. The second kappa shape index (κ2) is 28.0. The number of ether oxygens (including phenoxy) is 3. The van der Waals surface area contributed by atoms with Gasteiger partial charge in [-0.3, -0.25) is 14.4 Å². The summed E-state index contributed by atoms with van der Waals surface area (Å²) in [6.07, 6.45) is 3.12. The van der Waals surface area contributed by atoms with Gasteiger partial charge in [-0.1, -0.05) is 89.4 Å². The summed E-state index contributed by atoms with van der Waals surface area (Å²) in [6, 6.07) is 27.6. The zero-order valence-electron chi connectivity index (χ0n) is 41.2. The lowest BCUT2D eigenvalue weighted by molar-refractivity contribution is -0.144. The SMILES string of the molecule is C.C.C.C.CCC(C)(C)C(=O)Oc1cc(O)cc(O)c1.CCC(C)(C)C(=O)Oc1ccc(O)c(O)c1.CCC(C)(C)C(=O)Oc1ccc(O)cc1.CCC(C)(C)c1ccc2cc3cc(O)c(O)cc3cc2c1. The van der Waals surface area contributed by atoms with E-state index in [0.29, 0.717) is 18.6 Å². The molecule has 0 amide bonds. The minimum absolute atomic E-state index is 0. The van der Waals surface area contributed by atoms with Gasteiger partial charge in [0.2, 0.25) is 0 Å². The van der Waals surface area contributed by atoms with Crippen molar-refractivity contribution in [3.63, 3.8) is 0 Å². The van der Waals surface area contributed by atoms with Crippen LogP contribution >= 0.6 is 0 Å². The third-order valence-corrected chi connectivity index (χ3v) is 12.2. The molecule has 0 aliphatic heterocycles. The fourth-order valence-electron chi connectivity index (χ4n) is 5.53. The van der Waals surface area contributed by atoms with E-state index in [0.717, 1.165) is 34.4 Å². The first kappa shape index (κ1) is 66.9. The van der Waals surface area contributed by atoms with Crippen molar-refractivity contribution in [1.29, 1.82) is 0 Å². The Morgan fingerprint density at radius 3 is 1.15 bits per heavy atom. The predicted octanol–water partition coefficient (Wildman–Crippen LogP) is 15.2. The van der Waals surface area contributed by atoms with Crippen LogP contribution in [0.25, 0.3) is 21.5 Å². The van der Waals surface area contributed by atoms with E-state index in [1.807, 2.05) is 40.7 Å². The Morgan fingerprint density at radius 1 is 0.361 bits per heavy atom. The number of hydrogen-bond acceptors (Lipinski definition) is 13. The van der Waals surface area contributed by atoms with Crippen LogP contribution in [0.15, 0.2) is 103 Å². The zero-order valence-corrected chi connectivity index (χ0v) is 41.2. The van der Waals surface area contributed by atoms with Gasteiger partial charge in [0.25, 0.3) is 0 Å². The van der Waals surface area contributed by atoms with Gasteiger partial charge >= 0.3 is 17.9 Å². The number of carbonyl (C=O) groups is 3. The van der Waals surface area contributed by atoms with Crippen LogP contribution in [0.3, 0.4) is 0 Å². The van der Waals surface area contributed by atoms with Gasteiger partial charge in [0, 0.05) is 24.3 Å². The Morgan fingerprint density at radius 2 is 0.736 bits per heavy atom. The fourth-order valence-corrected chi connectivity index (χ4v) is 5.53. The number of aromatic hydroxyl groups is 7. The highest BCUT2D eigenvalue weighted by Crippen LogP contribution is 2.36. The average Bonchev–Trinajstić information content (AvgIpc) is 3.28. The maximum atomic E-state index is 11.7. The molecule has 0 aromatic heterocycles. The first-order valence-corrected chi connectivity index (χ1v) is 22.5. The van der Waals surface area contributed by atoms with Gasteiger partial charge in [0.15, 0.2) is 23.0 Å². The molecule has 0 spiro atoms. The fraction of sp³-hybridized carbons (Fsp3) is 0.407. The monoisotopic (exact) mass is 1000 g/mol. The molecule has 0 saturated carbocycles. The maximum Gasteiger partial charge on any atom is 0.316 e. The molecule has 0 bridgehead atoms. The van der Waals surface area contributed by atoms with Gasteiger partial charge in [0.1, 0.15) is 34.5 Å². The van der Waals surface area contributed by atoms with Crippen molar-refractivity contribution in [3.05, 3.63) is 109 Å². The van der Waals surface area contributed by atoms with Crippen LogP contribution in [0.4, 0.5) is 0 Å². The molecule has 6 rings (SSSR count). The van der Waals surface area contributed by atoms with E-state index >= 15 is 0 Å². The third-order valence-electron chi connectivity index (χ3n) is 12.2. The van der Waals surface area contributed by atoms with Crippen molar-refractivity contribution in [2.24, 2.45) is 16.2 Å². The van der Waals surface area contributed by atoms with E-state index in [1.165, 1.54) is 54.1 Å². The molecule has 0 aliphatic carbocycles. The standard InChI is InChI=1S/C19H20O2.2C12H16O4.C12H16O3.4CH4/c1-4-19(2,3)16-6-5-12-7-14-10-17(20)18(21)11-15(14)8-13(12)9-16;1-4-12(2,3)11(15)16-10-6-8(13)5-9(14)7-10;1-4-12(2,3)11(15)16-8-5-6-9(13)10(14)7-8;1-4-12(2,3)11(14)15-10-7-5-9(13)6-8-10;;;;/h5-11,20-21H,4H2,1-3H3;2*5-7,13-14H,4H2,1-3H3;5-8,13H,4H2,1-3H3;4*1H4. The van der Waals surface area contributed by atoms with Gasteiger partial charge in [-0.15, -0.1) is 0 Å². The minimum atomic E-state index is -0.582. The highest BCUT2D eigenvalue weighted by atomic mass is 16.5. The lowest BCUT2D eigenvalue weighted by Gasteiger charge is -2.23. The number of hydrogen-bond donors (Lipinski definition) is 7. The smallest absolute Gasteiger partial charge is 0.316 e. The quantitative estimate of drug-likeness (QED) is 0.0278. The lowest BCUT2D eigenvalue weighted by atomic mass is 9.81. The average molecular weight is 1000 g/mol. The summed E-state index contributed by atoms with van der Waals surface area (Å²) in [4.78, 5) is 35.1. The summed E-state index contributed by atoms with van der Waals surface area (Å²) in [5.41, 5.74) is -0.146. The second-order valence-corrected chi connectivity index (χ2v) is 19.1. The van der Waals surface area contributed by atoms with Crippen molar-refractivity contribution in [2.75, 3.05) is 0 Å². The van der Waals surface area contributed by atoms with E-state index in [1.54, 1.807) is 52.0 Å². The molecule has 0 unspecified atom stereocenters. The van der Waals surface area contributed by atoms with Crippen molar-refractivity contribution in [3.8, 4) is 57.5 Å². The van der Waals surface area contributed by atoms with Crippen LogP contribution in [0.1, 0.15) is 144 Å². The largest absolute Gasteiger partial charge is 0.508 e. The Bertz CT molecular complexity index is 2660. The molecule has 13 nitrogen and oxygen atoms in total. The molecule has 13 heteroatoms. The zero-order chi connectivity index (χ0) is 51.4. The van der Waals surface area contributed by atoms with Gasteiger partial charge in [-0.25, -0.2) is 0 Å². The van der Waals surface area contributed by atoms with Crippen LogP contribution in [0, 0.1) is 16.2 Å². The van der Waals surface area contributed by atoms with Crippen LogP contribution < -0.4 is 14.2 Å². The molecule has 0 atom stereocenters. The summed E-state index contributed by atoms with van der Waals surface area (Å²) in [5, 5.41) is 69.3. The topological polar surface area (TPSA) is 221 Å². The molecule has 72 heavy (non-hydrogen) atoms. The van der Waals surface area contributed by atoms with Crippen LogP contribution in [0.5, 0.6) is 57.5 Å². The van der Waals surface area contributed by atoms with Gasteiger partial charge in [0.05, 0.1) is 16.2 Å². The molecule has 0 radical (unpaired) electrons. The molecule has 0 aliphatic rings.